The molecule has 0 bridgehead atoms. The molecule has 100 valence electrons. The first-order valence-electron chi connectivity index (χ1n) is 6.92. The van der Waals surface area contributed by atoms with Crippen molar-refractivity contribution in [3.05, 3.63) is 0 Å². The van der Waals surface area contributed by atoms with Crippen LogP contribution in [0, 0.1) is 0 Å². The van der Waals surface area contributed by atoms with E-state index in [1.807, 2.05) is 18.7 Å². The van der Waals surface area contributed by atoms with Crippen molar-refractivity contribution >= 4 is 6.03 Å². The van der Waals surface area contributed by atoms with Crippen LogP contribution < -0.4 is 11.1 Å². The third kappa shape index (κ3) is 4.94. The van der Waals surface area contributed by atoms with Crippen molar-refractivity contribution in [1.82, 2.24) is 10.2 Å². The van der Waals surface area contributed by atoms with Crippen LogP contribution in [0.1, 0.15) is 52.4 Å². The molecule has 4 nitrogen and oxygen atoms in total. The first-order chi connectivity index (χ1) is 8.15. The Morgan fingerprint density at radius 2 is 2.00 bits per heavy atom. The van der Waals surface area contributed by atoms with Crippen LogP contribution in [0.2, 0.25) is 0 Å². The molecule has 0 aromatic rings. The van der Waals surface area contributed by atoms with Crippen LogP contribution >= 0.6 is 0 Å². The van der Waals surface area contributed by atoms with Gasteiger partial charge in [0.1, 0.15) is 0 Å². The summed E-state index contributed by atoms with van der Waals surface area (Å²) in [7, 11) is 0. The largest absolute Gasteiger partial charge is 0.336 e. The molecule has 4 heteroatoms. The van der Waals surface area contributed by atoms with Crippen molar-refractivity contribution in [2.45, 2.75) is 64.5 Å². The van der Waals surface area contributed by atoms with E-state index in [1.165, 1.54) is 19.3 Å². The summed E-state index contributed by atoms with van der Waals surface area (Å²) in [6.45, 7) is 5.44. The predicted molar refractivity (Wildman–Crippen MR) is 70.9 cm³/mol. The van der Waals surface area contributed by atoms with E-state index in [1.54, 1.807) is 0 Å². The molecule has 1 rings (SSSR count). The molecule has 2 amide bonds. The average Bonchev–Trinajstić information content (AvgIpc) is 2.30. The molecule has 1 saturated carbocycles. The maximum Gasteiger partial charge on any atom is 0.317 e. The predicted octanol–water partition coefficient (Wildman–Crippen LogP) is 2.09. The molecular weight excluding hydrogens is 214 g/mol. The summed E-state index contributed by atoms with van der Waals surface area (Å²) >= 11 is 0. The van der Waals surface area contributed by atoms with Crippen LogP contribution in [-0.2, 0) is 0 Å². The van der Waals surface area contributed by atoms with Gasteiger partial charge in [-0.05, 0) is 39.7 Å². The second kappa shape index (κ2) is 7.54. The number of nitrogens with one attached hydrogen (secondary N) is 1. The summed E-state index contributed by atoms with van der Waals surface area (Å²) in [6, 6.07) is 0.709. The summed E-state index contributed by atoms with van der Waals surface area (Å²) in [5.74, 6) is 0. The Bertz CT molecular complexity index is 225. The van der Waals surface area contributed by atoms with Crippen molar-refractivity contribution in [1.29, 1.82) is 0 Å². The van der Waals surface area contributed by atoms with Crippen LogP contribution in [0.15, 0.2) is 0 Å². The number of amides is 2. The maximum atomic E-state index is 12.1. The summed E-state index contributed by atoms with van der Waals surface area (Å²) in [5, 5.41) is 3.00. The zero-order valence-electron chi connectivity index (χ0n) is 11.2. The van der Waals surface area contributed by atoms with Gasteiger partial charge in [-0.3, -0.25) is 0 Å². The Morgan fingerprint density at radius 1 is 1.35 bits per heavy atom. The van der Waals surface area contributed by atoms with Crippen LogP contribution in [-0.4, -0.2) is 36.1 Å². The summed E-state index contributed by atoms with van der Waals surface area (Å²) in [6.07, 6.45) is 7.00. The molecule has 0 radical (unpaired) electrons. The lowest BCUT2D eigenvalue weighted by Crippen LogP contribution is -2.49. The highest BCUT2D eigenvalue weighted by Crippen LogP contribution is 2.22. The fraction of sp³-hybridized carbons (Fsp3) is 0.923. The average molecular weight is 241 g/mol. The number of nitrogens with zero attached hydrogens (tertiary/aromatic N) is 1. The second-order valence-electron chi connectivity index (χ2n) is 5.23. The number of nitrogens with two attached hydrogens (primary N) is 1. The van der Waals surface area contributed by atoms with Gasteiger partial charge in [0, 0.05) is 18.6 Å². The van der Waals surface area contributed by atoms with E-state index in [4.69, 9.17) is 5.73 Å². The van der Waals surface area contributed by atoms with Crippen LogP contribution in [0.3, 0.4) is 0 Å². The van der Waals surface area contributed by atoms with Crippen molar-refractivity contribution in [3.63, 3.8) is 0 Å². The molecule has 0 aromatic heterocycles. The van der Waals surface area contributed by atoms with Crippen molar-refractivity contribution in [3.8, 4) is 0 Å². The Labute approximate surface area is 105 Å². The summed E-state index contributed by atoms with van der Waals surface area (Å²) in [5.41, 5.74) is 5.55. The zero-order chi connectivity index (χ0) is 12.7. The number of urea groups is 1. The molecule has 17 heavy (non-hydrogen) atoms. The number of carbonyl (C=O) groups excluding carboxylic acids is 1. The minimum atomic E-state index is 0.0837. The van der Waals surface area contributed by atoms with Gasteiger partial charge < -0.3 is 16.0 Å². The molecule has 1 aliphatic rings. The summed E-state index contributed by atoms with van der Waals surface area (Å²) in [4.78, 5) is 14.1. The molecule has 0 unspecified atom stereocenters. The number of carbonyl (C=O) groups is 1. The van der Waals surface area contributed by atoms with Gasteiger partial charge in [0.25, 0.3) is 0 Å². The molecule has 0 spiro atoms. The SMILES string of the molecule is CC(C)NC(=O)N(CCCN)C1CCCCC1. The van der Waals surface area contributed by atoms with Crippen molar-refractivity contribution in [2.75, 3.05) is 13.1 Å². The lowest BCUT2D eigenvalue weighted by atomic mass is 9.94. The quantitative estimate of drug-likeness (QED) is 0.774. The molecule has 0 saturated heterocycles. The van der Waals surface area contributed by atoms with Crippen LogP contribution in [0.25, 0.3) is 0 Å². The Morgan fingerprint density at radius 3 is 2.53 bits per heavy atom. The molecule has 3 N–H and O–H groups in total. The van der Waals surface area contributed by atoms with E-state index >= 15 is 0 Å². The molecule has 1 aliphatic carbocycles. The summed E-state index contributed by atoms with van der Waals surface area (Å²) < 4.78 is 0. The zero-order valence-corrected chi connectivity index (χ0v) is 11.2. The number of hydrogen-bond acceptors (Lipinski definition) is 2. The minimum Gasteiger partial charge on any atom is -0.336 e. The third-order valence-electron chi connectivity index (χ3n) is 3.29. The van der Waals surface area contributed by atoms with Crippen LogP contribution in [0.4, 0.5) is 4.79 Å². The number of rotatable bonds is 5. The Balaban J connectivity index is 2.54. The van der Waals surface area contributed by atoms with E-state index in [9.17, 15) is 4.79 Å². The normalized spacial score (nSPS) is 17.2. The van der Waals surface area contributed by atoms with Crippen molar-refractivity contribution < 1.29 is 4.79 Å². The first kappa shape index (κ1) is 14.3. The fourth-order valence-corrected chi connectivity index (χ4v) is 2.43. The van der Waals surface area contributed by atoms with Crippen LogP contribution in [0.5, 0.6) is 0 Å². The minimum absolute atomic E-state index is 0.0837. The highest BCUT2D eigenvalue weighted by atomic mass is 16.2. The van der Waals surface area contributed by atoms with Gasteiger partial charge in [-0.1, -0.05) is 19.3 Å². The monoisotopic (exact) mass is 241 g/mol. The Hall–Kier alpha value is -0.770. The highest BCUT2D eigenvalue weighted by Gasteiger charge is 2.24. The maximum absolute atomic E-state index is 12.1. The smallest absolute Gasteiger partial charge is 0.317 e. The van der Waals surface area contributed by atoms with E-state index in [0.29, 0.717) is 12.6 Å². The second-order valence-corrected chi connectivity index (χ2v) is 5.23. The molecule has 0 aromatic carbocycles. The molecule has 0 atom stereocenters. The first-order valence-corrected chi connectivity index (χ1v) is 6.92. The molecule has 1 fully saturated rings. The van der Waals surface area contributed by atoms with E-state index in [-0.39, 0.29) is 12.1 Å². The van der Waals surface area contributed by atoms with Crippen molar-refractivity contribution in [2.24, 2.45) is 5.73 Å². The van der Waals surface area contributed by atoms with E-state index < -0.39 is 0 Å². The lowest BCUT2D eigenvalue weighted by Gasteiger charge is -2.35. The van der Waals surface area contributed by atoms with E-state index in [2.05, 4.69) is 5.32 Å². The van der Waals surface area contributed by atoms with Gasteiger partial charge in [-0.2, -0.15) is 0 Å². The van der Waals surface area contributed by atoms with Gasteiger partial charge in [0.05, 0.1) is 0 Å². The number of hydrogen-bond donors (Lipinski definition) is 2. The van der Waals surface area contributed by atoms with E-state index in [0.717, 1.165) is 25.8 Å². The van der Waals surface area contributed by atoms with Gasteiger partial charge in [0.2, 0.25) is 0 Å². The van der Waals surface area contributed by atoms with Gasteiger partial charge in [-0.15, -0.1) is 0 Å². The molecule has 0 heterocycles. The third-order valence-corrected chi connectivity index (χ3v) is 3.29. The molecule has 0 aliphatic heterocycles. The van der Waals surface area contributed by atoms with Gasteiger partial charge in [-0.25, -0.2) is 4.79 Å². The highest BCUT2D eigenvalue weighted by molar-refractivity contribution is 5.74. The fourth-order valence-electron chi connectivity index (χ4n) is 2.43. The van der Waals surface area contributed by atoms with Gasteiger partial charge in [0.15, 0.2) is 0 Å². The Kier molecular flexibility index (Phi) is 6.34. The lowest BCUT2D eigenvalue weighted by molar-refractivity contribution is 0.153. The standard InChI is InChI=1S/C13H27N3O/c1-11(2)15-13(17)16(10-6-9-14)12-7-4-3-5-8-12/h11-12H,3-10,14H2,1-2H3,(H,15,17). The topological polar surface area (TPSA) is 58.4 Å². The van der Waals surface area contributed by atoms with Gasteiger partial charge >= 0.3 is 6.03 Å². The molecular formula is C13H27N3O.